The fourth-order valence-corrected chi connectivity index (χ4v) is 3.60. The van der Waals surface area contributed by atoms with Crippen LogP contribution in [0.15, 0.2) is 36.5 Å². The van der Waals surface area contributed by atoms with Crippen LogP contribution >= 0.6 is 11.3 Å². The highest BCUT2D eigenvalue weighted by molar-refractivity contribution is 7.14. The Labute approximate surface area is 156 Å². The average molecular weight is 371 g/mol. The summed E-state index contributed by atoms with van der Waals surface area (Å²) in [7, 11) is 3.21. The third-order valence-corrected chi connectivity index (χ3v) is 5.30. The topological polar surface area (TPSA) is 65.4 Å². The summed E-state index contributed by atoms with van der Waals surface area (Å²) in [4.78, 5) is 14.3. The molecule has 1 aromatic carbocycles. The molecule has 0 saturated carbocycles. The van der Waals surface area contributed by atoms with Crippen molar-refractivity contribution in [3.05, 3.63) is 57.4 Å². The van der Waals surface area contributed by atoms with Crippen molar-refractivity contribution in [2.45, 2.75) is 20.4 Å². The maximum Gasteiger partial charge on any atom is 0.266 e. The number of methoxy groups -OCH3 is 2. The van der Waals surface area contributed by atoms with E-state index in [2.05, 4.69) is 10.4 Å². The molecule has 1 N–H and O–H groups in total. The molecule has 7 heteroatoms. The summed E-state index contributed by atoms with van der Waals surface area (Å²) in [5, 5.41) is 7.25. The van der Waals surface area contributed by atoms with Crippen LogP contribution in [-0.4, -0.2) is 29.9 Å². The molecule has 3 rings (SSSR count). The SMILES string of the molecule is COc1cccc(Cn2nccc2NC(=O)c2cc(C)c(C)s2)c1OC. The van der Waals surface area contributed by atoms with Gasteiger partial charge in [0.05, 0.1) is 31.8 Å². The molecule has 0 atom stereocenters. The second-order valence-electron chi connectivity index (χ2n) is 5.83. The Morgan fingerprint density at radius 1 is 1.23 bits per heavy atom. The number of anilines is 1. The highest BCUT2D eigenvalue weighted by Crippen LogP contribution is 2.31. The summed E-state index contributed by atoms with van der Waals surface area (Å²) in [6, 6.07) is 9.37. The Morgan fingerprint density at radius 2 is 2.04 bits per heavy atom. The van der Waals surface area contributed by atoms with Crippen LogP contribution < -0.4 is 14.8 Å². The van der Waals surface area contributed by atoms with E-state index in [0.29, 0.717) is 28.7 Å². The number of aryl methyl sites for hydroxylation is 2. The minimum Gasteiger partial charge on any atom is -0.493 e. The predicted octanol–water partition coefficient (Wildman–Crippen LogP) is 3.88. The number of carbonyl (C=O) groups excluding carboxylic acids is 1. The van der Waals surface area contributed by atoms with Crippen molar-refractivity contribution in [2.75, 3.05) is 19.5 Å². The Balaban J connectivity index is 1.82. The van der Waals surface area contributed by atoms with Gasteiger partial charge in [0.15, 0.2) is 11.5 Å². The molecule has 1 amide bonds. The molecule has 2 heterocycles. The van der Waals surface area contributed by atoms with Crippen LogP contribution in [0.1, 0.15) is 25.7 Å². The van der Waals surface area contributed by atoms with E-state index in [1.165, 1.54) is 11.3 Å². The average Bonchev–Trinajstić information content (AvgIpc) is 3.21. The molecular weight excluding hydrogens is 350 g/mol. The maximum absolute atomic E-state index is 12.5. The molecule has 0 fully saturated rings. The van der Waals surface area contributed by atoms with Gasteiger partial charge in [-0.2, -0.15) is 5.10 Å². The van der Waals surface area contributed by atoms with Gasteiger partial charge >= 0.3 is 0 Å². The van der Waals surface area contributed by atoms with Crippen molar-refractivity contribution in [3.63, 3.8) is 0 Å². The number of benzene rings is 1. The first-order valence-corrected chi connectivity index (χ1v) is 8.95. The van der Waals surface area contributed by atoms with Crippen LogP contribution in [0.3, 0.4) is 0 Å². The van der Waals surface area contributed by atoms with Crippen LogP contribution in [0.25, 0.3) is 0 Å². The van der Waals surface area contributed by atoms with Crippen LogP contribution in [-0.2, 0) is 6.54 Å². The van der Waals surface area contributed by atoms with Crippen LogP contribution in [0.4, 0.5) is 5.82 Å². The number of hydrogen-bond donors (Lipinski definition) is 1. The van der Waals surface area contributed by atoms with Gasteiger partial charge in [0.25, 0.3) is 5.91 Å². The third-order valence-electron chi connectivity index (χ3n) is 4.15. The second kappa shape index (κ2) is 7.61. The number of hydrogen-bond acceptors (Lipinski definition) is 5. The first kappa shape index (κ1) is 18.0. The molecule has 0 aliphatic rings. The fourth-order valence-electron chi connectivity index (χ4n) is 2.67. The van der Waals surface area contributed by atoms with Crippen molar-refractivity contribution in [1.29, 1.82) is 0 Å². The first-order valence-electron chi connectivity index (χ1n) is 8.13. The van der Waals surface area contributed by atoms with Gasteiger partial charge in [-0.05, 0) is 31.5 Å². The lowest BCUT2D eigenvalue weighted by atomic mass is 10.2. The monoisotopic (exact) mass is 371 g/mol. The molecule has 136 valence electrons. The van der Waals surface area contributed by atoms with E-state index in [-0.39, 0.29) is 5.91 Å². The molecule has 0 unspecified atom stereocenters. The van der Waals surface area contributed by atoms with Gasteiger partial charge in [-0.1, -0.05) is 12.1 Å². The van der Waals surface area contributed by atoms with Gasteiger partial charge in [-0.15, -0.1) is 11.3 Å². The van der Waals surface area contributed by atoms with Gasteiger partial charge in [0.2, 0.25) is 0 Å². The smallest absolute Gasteiger partial charge is 0.266 e. The van der Waals surface area contributed by atoms with Crippen LogP contribution in [0.5, 0.6) is 11.5 Å². The first-order chi connectivity index (χ1) is 12.5. The lowest BCUT2D eigenvalue weighted by Crippen LogP contribution is -2.15. The number of amides is 1. The van der Waals surface area contributed by atoms with Crippen molar-refractivity contribution in [3.8, 4) is 11.5 Å². The van der Waals surface area contributed by atoms with Gasteiger partial charge in [-0.3, -0.25) is 4.79 Å². The normalized spacial score (nSPS) is 10.6. The molecule has 26 heavy (non-hydrogen) atoms. The zero-order chi connectivity index (χ0) is 18.7. The molecule has 0 bridgehead atoms. The summed E-state index contributed by atoms with van der Waals surface area (Å²) in [6.07, 6.45) is 1.66. The minimum absolute atomic E-state index is 0.134. The number of nitrogens with zero attached hydrogens (tertiary/aromatic N) is 2. The van der Waals surface area contributed by atoms with Gasteiger partial charge < -0.3 is 14.8 Å². The number of thiophene rings is 1. The van der Waals surface area contributed by atoms with Gasteiger partial charge in [0.1, 0.15) is 5.82 Å². The Morgan fingerprint density at radius 3 is 2.69 bits per heavy atom. The quantitative estimate of drug-likeness (QED) is 0.714. The lowest BCUT2D eigenvalue weighted by molar-refractivity contribution is 0.102. The maximum atomic E-state index is 12.5. The Hall–Kier alpha value is -2.80. The second-order valence-corrected chi connectivity index (χ2v) is 7.09. The van der Waals surface area contributed by atoms with E-state index in [1.807, 2.05) is 38.1 Å². The molecule has 0 saturated heterocycles. The third kappa shape index (κ3) is 3.57. The fraction of sp³-hybridized carbons (Fsp3) is 0.263. The van der Waals surface area contributed by atoms with Gasteiger partial charge in [0, 0.05) is 16.5 Å². The van der Waals surface area contributed by atoms with E-state index in [9.17, 15) is 4.79 Å². The van der Waals surface area contributed by atoms with Crippen LogP contribution in [0, 0.1) is 13.8 Å². The summed E-state index contributed by atoms with van der Waals surface area (Å²) in [5.74, 6) is 1.81. The molecular formula is C19H21N3O3S. The summed E-state index contributed by atoms with van der Waals surface area (Å²) in [5.41, 5.74) is 2.03. The molecule has 0 spiro atoms. The van der Waals surface area contributed by atoms with E-state index in [1.54, 1.807) is 31.2 Å². The predicted molar refractivity (Wildman–Crippen MR) is 103 cm³/mol. The van der Waals surface area contributed by atoms with E-state index in [4.69, 9.17) is 9.47 Å². The zero-order valence-corrected chi connectivity index (χ0v) is 16.0. The highest BCUT2D eigenvalue weighted by atomic mass is 32.1. The Kier molecular flexibility index (Phi) is 5.27. The Bertz CT molecular complexity index is 911. The van der Waals surface area contributed by atoms with Crippen molar-refractivity contribution >= 4 is 23.1 Å². The number of ether oxygens (including phenoxy) is 2. The molecule has 6 nitrogen and oxygen atoms in total. The largest absolute Gasteiger partial charge is 0.493 e. The number of rotatable bonds is 6. The van der Waals surface area contributed by atoms with E-state index in [0.717, 1.165) is 16.0 Å². The molecule has 0 aliphatic heterocycles. The number of nitrogens with one attached hydrogen (secondary N) is 1. The summed E-state index contributed by atoms with van der Waals surface area (Å²) in [6.45, 7) is 4.46. The molecule has 2 aromatic heterocycles. The standard InChI is InChI=1S/C19H21N3O3S/c1-12-10-16(26-13(12)2)19(23)21-17-8-9-20-22(17)11-14-6-5-7-15(24-3)18(14)25-4/h5-10H,11H2,1-4H3,(H,21,23). The molecule has 3 aromatic rings. The summed E-state index contributed by atoms with van der Waals surface area (Å²) >= 11 is 1.49. The highest BCUT2D eigenvalue weighted by Gasteiger charge is 2.15. The zero-order valence-electron chi connectivity index (χ0n) is 15.2. The van der Waals surface area contributed by atoms with Crippen molar-refractivity contribution < 1.29 is 14.3 Å². The minimum atomic E-state index is -0.134. The van der Waals surface area contributed by atoms with E-state index >= 15 is 0 Å². The number of carbonyl (C=O) groups is 1. The summed E-state index contributed by atoms with van der Waals surface area (Å²) < 4.78 is 12.5. The van der Waals surface area contributed by atoms with Crippen molar-refractivity contribution in [2.24, 2.45) is 0 Å². The number of aromatic nitrogens is 2. The van der Waals surface area contributed by atoms with Crippen LogP contribution in [0.2, 0.25) is 0 Å². The van der Waals surface area contributed by atoms with Crippen molar-refractivity contribution in [1.82, 2.24) is 9.78 Å². The lowest BCUT2D eigenvalue weighted by Gasteiger charge is -2.14. The number of para-hydroxylation sites is 1. The molecule has 0 aliphatic carbocycles. The van der Waals surface area contributed by atoms with E-state index < -0.39 is 0 Å². The molecule has 0 radical (unpaired) electrons. The van der Waals surface area contributed by atoms with Gasteiger partial charge in [-0.25, -0.2) is 4.68 Å².